The van der Waals surface area contributed by atoms with Crippen molar-refractivity contribution in [2.45, 2.75) is 322 Å². The number of hydrogen-bond acceptors (Lipinski definition) is 5. The molecule has 70 heavy (non-hydrogen) atoms. The molecule has 0 aliphatic carbocycles. The number of ether oxygens (including phenoxy) is 3. The Labute approximate surface area is 436 Å². The molecule has 0 radical (unpaired) electrons. The summed E-state index contributed by atoms with van der Waals surface area (Å²) < 4.78 is 17.5. The van der Waals surface area contributed by atoms with E-state index in [2.05, 4.69) is 81.5 Å². The Morgan fingerprint density at radius 3 is 1.04 bits per heavy atom. The molecule has 5 heteroatoms. The minimum Gasteiger partial charge on any atom is -0.462 e. The molecule has 0 aliphatic heterocycles. The summed E-state index contributed by atoms with van der Waals surface area (Å²) in [6.07, 6.45) is 78.3. The van der Waals surface area contributed by atoms with Crippen LogP contribution in [0.5, 0.6) is 0 Å². The summed E-state index contributed by atoms with van der Waals surface area (Å²) in [4.78, 5) is 25.6. The van der Waals surface area contributed by atoms with Gasteiger partial charge in [0.05, 0.1) is 6.61 Å². The van der Waals surface area contributed by atoms with Crippen LogP contribution in [0.1, 0.15) is 316 Å². The average molecular weight is 980 g/mol. The maximum absolute atomic E-state index is 12.9. The van der Waals surface area contributed by atoms with Crippen LogP contribution in [0, 0.1) is 0 Å². The van der Waals surface area contributed by atoms with Gasteiger partial charge in [-0.1, -0.05) is 281 Å². The molecule has 0 aromatic heterocycles. The molecule has 0 saturated carbocycles. The van der Waals surface area contributed by atoms with Crippen molar-refractivity contribution < 1.29 is 23.8 Å². The Bertz CT molecular complexity index is 1200. The van der Waals surface area contributed by atoms with E-state index in [0.717, 1.165) is 77.0 Å². The highest BCUT2D eigenvalue weighted by atomic mass is 16.6. The summed E-state index contributed by atoms with van der Waals surface area (Å²) in [5.74, 6) is -0.401. The fourth-order valence-electron chi connectivity index (χ4n) is 8.97. The fraction of sp³-hybridized carbons (Fsp3) is 0.815. The molecule has 5 nitrogen and oxygen atoms in total. The van der Waals surface area contributed by atoms with Crippen LogP contribution in [-0.2, 0) is 23.8 Å². The van der Waals surface area contributed by atoms with Gasteiger partial charge in [0.1, 0.15) is 6.61 Å². The quantitative estimate of drug-likeness (QED) is 0.0345. The van der Waals surface area contributed by atoms with Gasteiger partial charge in [0, 0.05) is 19.4 Å². The van der Waals surface area contributed by atoms with Crippen molar-refractivity contribution in [2.75, 3.05) is 19.8 Å². The second-order valence-corrected chi connectivity index (χ2v) is 20.6. The minimum atomic E-state index is -0.553. The first-order valence-corrected chi connectivity index (χ1v) is 30.8. The van der Waals surface area contributed by atoms with Crippen LogP contribution in [0.2, 0.25) is 0 Å². The molecule has 0 saturated heterocycles. The number of esters is 2. The zero-order valence-electron chi connectivity index (χ0n) is 47.0. The summed E-state index contributed by atoms with van der Waals surface area (Å²) >= 11 is 0. The van der Waals surface area contributed by atoms with E-state index in [1.54, 1.807) is 0 Å². The number of carbonyl (C=O) groups excluding carboxylic acids is 2. The van der Waals surface area contributed by atoms with E-state index in [4.69, 9.17) is 14.2 Å². The van der Waals surface area contributed by atoms with E-state index in [0.29, 0.717) is 19.4 Å². The van der Waals surface area contributed by atoms with E-state index >= 15 is 0 Å². The van der Waals surface area contributed by atoms with E-state index in [1.807, 2.05) is 0 Å². The lowest BCUT2D eigenvalue weighted by molar-refractivity contribution is -0.163. The lowest BCUT2D eigenvalue weighted by atomic mass is 10.0. The number of unbranched alkanes of at least 4 members (excludes halogenated alkanes) is 36. The predicted molar refractivity (Wildman–Crippen MR) is 307 cm³/mol. The smallest absolute Gasteiger partial charge is 0.306 e. The van der Waals surface area contributed by atoms with Crippen LogP contribution in [0.25, 0.3) is 0 Å². The number of allylic oxidation sites excluding steroid dienone is 10. The Hall–Kier alpha value is -2.40. The predicted octanol–water partition coefficient (Wildman–Crippen LogP) is 21.2. The molecule has 0 rings (SSSR count). The summed E-state index contributed by atoms with van der Waals surface area (Å²) in [6, 6.07) is 0. The average Bonchev–Trinajstić information content (AvgIpc) is 3.36. The highest BCUT2D eigenvalue weighted by Gasteiger charge is 2.17. The summed E-state index contributed by atoms with van der Waals surface area (Å²) in [7, 11) is 0. The first-order chi connectivity index (χ1) is 34.6. The molecule has 0 aromatic rings. The van der Waals surface area contributed by atoms with Gasteiger partial charge in [0.2, 0.25) is 0 Å². The maximum atomic E-state index is 12.9. The molecule has 0 aliphatic rings. The molecule has 0 fully saturated rings. The van der Waals surface area contributed by atoms with E-state index < -0.39 is 6.10 Å². The van der Waals surface area contributed by atoms with E-state index in [9.17, 15) is 9.59 Å². The van der Waals surface area contributed by atoms with Crippen molar-refractivity contribution in [2.24, 2.45) is 0 Å². The zero-order chi connectivity index (χ0) is 50.6. The first-order valence-electron chi connectivity index (χ1n) is 30.8. The van der Waals surface area contributed by atoms with Crippen LogP contribution < -0.4 is 0 Å². The Kier molecular flexibility index (Phi) is 58.8. The molecule has 0 bridgehead atoms. The maximum Gasteiger partial charge on any atom is 0.306 e. The van der Waals surface area contributed by atoms with E-state index in [1.165, 1.54) is 205 Å². The van der Waals surface area contributed by atoms with Gasteiger partial charge in [-0.2, -0.15) is 0 Å². The van der Waals surface area contributed by atoms with Crippen molar-refractivity contribution in [1.82, 2.24) is 0 Å². The van der Waals surface area contributed by atoms with Gasteiger partial charge in [-0.05, 0) is 83.5 Å². The van der Waals surface area contributed by atoms with Crippen LogP contribution >= 0.6 is 0 Å². The van der Waals surface area contributed by atoms with Crippen molar-refractivity contribution in [3.05, 3.63) is 60.8 Å². The zero-order valence-corrected chi connectivity index (χ0v) is 47.0. The lowest BCUT2D eigenvalue weighted by Crippen LogP contribution is -2.30. The fourth-order valence-corrected chi connectivity index (χ4v) is 8.97. The van der Waals surface area contributed by atoms with Gasteiger partial charge in [0.15, 0.2) is 6.10 Å². The highest BCUT2D eigenvalue weighted by molar-refractivity contribution is 5.70. The van der Waals surface area contributed by atoms with Crippen molar-refractivity contribution in [1.29, 1.82) is 0 Å². The summed E-state index contributed by atoms with van der Waals surface area (Å²) in [5.41, 5.74) is 0. The number of carbonyl (C=O) groups is 2. The normalized spacial score (nSPS) is 12.6. The Balaban J connectivity index is 4.28. The number of rotatable bonds is 57. The third-order valence-electron chi connectivity index (χ3n) is 13.5. The Morgan fingerprint density at radius 1 is 0.329 bits per heavy atom. The molecule has 0 amide bonds. The molecule has 1 atom stereocenters. The molecule has 0 N–H and O–H groups in total. The third kappa shape index (κ3) is 58.2. The largest absolute Gasteiger partial charge is 0.462 e. The van der Waals surface area contributed by atoms with Gasteiger partial charge in [0.25, 0.3) is 0 Å². The van der Waals surface area contributed by atoms with Crippen molar-refractivity contribution in [3.63, 3.8) is 0 Å². The van der Waals surface area contributed by atoms with Crippen molar-refractivity contribution in [3.8, 4) is 0 Å². The van der Waals surface area contributed by atoms with Crippen LogP contribution in [0.4, 0.5) is 0 Å². The van der Waals surface area contributed by atoms with Gasteiger partial charge in [-0.25, -0.2) is 0 Å². The van der Waals surface area contributed by atoms with Gasteiger partial charge in [-0.3, -0.25) is 9.59 Å². The van der Waals surface area contributed by atoms with Crippen molar-refractivity contribution >= 4 is 11.9 Å². The molecule has 1 unspecified atom stereocenters. The van der Waals surface area contributed by atoms with Crippen LogP contribution in [-0.4, -0.2) is 37.9 Å². The molecule has 408 valence electrons. The molecular weight excluding hydrogens is 861 g/mol. The topological polar surface area (TPSA) is 61.8 Å². The highest BCUT2D eigenvalue weighted by Crippen LogP contribution is 2.17. The lowest BCUT2D eigenvalue weighted by Gasteiger charge is -2.18. The standard InChI is InChI=1S/C65H118O5/c1-4-7-10-13-16-19-22-25-28-31-33-35-37-40-43-46-49-52-55-58-64(66)69-62-63(61-68-60-57-54-51-48-45-42-39-30-27-24-21-18-15-12-9-6-3)70-65(67)59-56-53-50-47-44-41-38-36-34-32-29-26-23-20-17-14-11-8-5-2/h9,12,18,21,25,27-28,30,42,45,63H,4-8,10-11,13-17,19-20,22-24,26,29,31-41,43-44,46-62H2,1-3H3/b12-9-,21-18-,28-25-,30-27-,45-42-. The molecule has 0 aromatic carbocycles. The summed E-state index contributed by atoms with van der Waals surface area (Å²) in [5, 5.41) is 0. The second kappa shape index (κ2) is 60.9. The molecule has 0 spiro atoms. The van der Waals surface area contributed by atoms with E-state index in [-0.39, 0.29) is 25.2 Å². The number of hydrogen-bond donors (Lipinski definition) is 0. The Morgan fingerprint density at radius 2 is 0.643 bits per heavy atom. The third-order valence-corrected chi connectivity index (χ3v) is 13.5. The first kappa shape index (κ1) is 67.6. The second-order valence-electron chi connectivity index (χ2n) is 20.6. The van der Waals surface area contributed by atoms with Gasteiger partial charge in [-0.15, -0.1) is 0 Å². The minimum absolute atomic E-state index is 0.0739. The molecular formula is C65H118O5. The van der Waals surface area contributed by atoms with Gasteiger partial charge < -0.3 is 14.2 Å². The molecule has 0 heterocycles. The SMILES string of the molecule is CC/C=C\C/C=C\C/C=C\C/C=C\CCCCCOCC(COC(=O)CCCCCCCCCCC/C=C\CCCCCCCC)OC(=O)CCCCCCCCCCCCCCCCCCCCC. The van der Waals surface area contributed by atoms with Crippen LogP contribution in [0.3, 0.4) is 0 Å². The van der Waals surface area contributed by atoms with Crippen LogP contribution in [0.15, 0.2) is 60.8 Å². The monoisotopic (exact) mass is 979 g/mol. The van der Waals surface area contributed by atoms with Gasteiger partial charge >= 0.3 is 11.9 Å². The summed E-state index contributed by atoms with van der Waals surface area (Å²) in [6.45, 7) is 7.70.